The second-order valence-electron chi connectivity index (χ2n) is 2.23. The number of alkyl halides is 3. The van der Waals surface area contributed by atoms with Gasteiger partial charge in [-0.15, -0.1) is 0 Å². The first-order valence-corrected chi connectivity index (χ1v) is 3.05. The Morgan fingerprint density at radius 3 is 1.89 bits per heavy atom. The predicted molar refractivity (Wildman–Crippen MR) is 30.1 cm³/mol. The molecule has 0 fully saturated rings. The van der Waals surface area contributed by atoms with E-state index in [-0.39, 0.29) is 6.42 Å². The standard InChI is InChI=1S/C6H11F3/c1-3-4-5(2)6(7,8)9/h5H,3-4H2,1-2H3/t5-/m0/s1. The van der Waals surface area contributed by atoms with Crippen LogP contribution < -0.4 is 0 Å². The average Bonchev–Trinajstić information content (AvgIpc) is 1.64. The van der Waals surface area contributed by atoms with Gasteiger partial charge in [0.15, 0.2) is 0 Å². The third kappa shape index (κ3) is 3.38. The summed E-state index contributed by atoms with van der Waals surface area (Å²) in [5, 5.41) is 0. The van der Waals surface area contributed by atoms with Gasteiger partial charge in [-0.3, -0.25) is 0 Å². The van der Waals surface area contributed by atoms with E-state index in [0.717, 1.165) is 0 Å². The summed E-state index contributed by atoms with van der Waals surface area (Å²) in [6, 6.07) is 0. The summed E-state index contributed by atoms with van der Waals surface area (Å²) >= 11 is 0. The van der Waals surface area contributed by atoms with Crippen molar-refractivity contribution < 1.29 is 13.2 Å². The molecule has 0 aliphatic carbocycles. The summed E-state index contributed by atoms with van der Waals surface area (Å²) in [5.74, 6) is -1.14. The van der Waals surface area contributed by atoms with E-state index in [1.807, 2.05) is 0 Å². The van der Waals surface area contributed by atoms with E-state index >= 15 is 0 Å². The van der Waals surface area contributed by atoms with Crippen molar-refractivity contribution in [2.75, 3.05) is 0 Å². The molecule has 3 heteroatoms. The molecule has 0 aliphatic heterocycles. The number of halogens is 3. The van der Waals surface area contributed by atoms with Crippen LogP contribution in [0, 0.1) is 5.92 Å². The highest BCUT2D eigenvalue weighted by atomic mass is 19.4. The van der Waals surface area contributed by atoms with Gasteiger partial charge in [0, 0.05) is 0 Å². The van der Waals surface area contributed by atoms with E-state index in [4.69, 9.17) is 0 Å². The van der Waals surface area contributed by atoms with E-state index in [9.17, 15) is 13.2 Å². The Kier molecular flexibility index (Phi) is 3.01. The Labute approximate surface area is 53.1 Å². The zero-order valence-corrected chi connectivity index (χ0v) is 5.63. The Morgan fingerprint density at radius 1 is 1.33 bits per heavy atom. The highest BCUT2D eigenvalue weighted by molar-refractivity contribution is 4.60. The Hall–Kier alpha value is -0.210. The van der Waals surface area contributed by atoms with Crippen molar-refractivity contribution in [2.45, 2.75) is 32.9 Å². The SMILES string of the molecule is CCC[C@H](C)C(F)(F)F. The molecule has 0 unspecified atom stereocenters. The third-order valence-corrected chi connectivity index (χ3v) is 1.28. The minimum Gasteiger partial charge on any atom is -0.171 e. The first kappa shape index (κ1) is 8.79. The maximum atomic E-state index is 11.6. The van der Waals surface area contributed by atoms with Crippen LogP contribution in [0.25, 0.3) is 0 Å². The van der Waals surface area contributed by atoms with Crippen LogP contribution in [0.15, 0.2) is 0 Å². The van der Waals surface area contributed by atoms with Gasteiger partial charge in [-0.25, -0.2) is 0 Å². The van der Waals surface area contributed by atoms with Gasteiger partial charge in [-0.2, -0.15) is 13.2 Å². The summed E-state index contributed by atoms with van der Waals surface area (Å²) in [5.41, 5.74) is 0. The van der Waals surface area contributed by atoms with Gasteiger partial charge in [0.25, 0.3) is 0 Å². The first-order valence-electron chi connectivity index (χ1n) is 3.05. The Morgan fingerprint density at radius 2 is 1.78 bits per heavy atom. The van der Waals surface area contributed by atoms with E-state index in [0.29, 0.717) is 6.42 Å². The minimum atomic E-state index is -3.99. The van der Waals surface area contributed by atoms with Gasteiger partial charge < -0.3 is 0 Å². The van der Waals surface area contributed by atoms with Crippen molar-refractivity contribution in [3.63, 3.8) is 0 Å². The topological polar surface area (TPSA) is 0 Å². The number of hydrogen-bond acceptors (Lipinski definition) is 0. The van der Waals surface area contributed by atoms with Gasteiger partial charge >= 0.3 is 6.18 Å². The lowest BCUT2D eigenvalue weighted by Gasteiger charge is -2.13. The summed E-state index contributed by atoms with van der Waals surface area (Å²) in [6.07, 6.45) is -3.15. The molecule has 1 atom stereocenters. The maximum absolute atomic E-state index is 11.6. The van der Waals surface area contributed by atoms with Crippen LogP contribution in [0.4, 0.5) is 13.2 Å². The molecule has 0 nitrogen and oxygen atoms in total. The van der Waals surface area contributed by atoms with Crippen LogP contribution in [-0.2, 0) is 0 Å². The van der Waals surface area contributed by atoms with Gasteiger partial charge in [0.05, 0.1) is 5.92 Å². The molecule has 0 aromatic carbocycles. The van der Waals surface area contributed by atoms with Crippen LogP contribution in [0.1, 0.15) is 26.7 Å². The molecule has 0 radical (unpaired) electrons. The molecule has 9 heavy (non-hydrogen) atoms. The first-order chi connectivity index (χ1) is 3.98. The summed E-state index contributed by atoms with van der Waals surface area (Å²) in [7, 11) is 0. The van der Waals surface area contributed by atoms with Gasteiger partial charge in [0.1, 0.15) is 0 Å². The third-order valence-electron chi connectivity index (χ3n) is 1.28. The molecule has 56 valence electrons. The maximum Gasteiger partial charge on any atom is 0.391 e. The lowest BCUT2D eigenvalue weighted by molar-refractivity contribution is -0.171. The van der Waals surface area contributed by atoms with Crippen molar-refractivity contribution in [3.05, 3.63) is 0 Å². The molecule has 0 saturated heterocycles. The molecule has 0 aliphatic rings. The highest BCUT2D eigenvalue weighted by Crippen LogP contribution is 2.28. The number of rotatable bonds is 2. The fourth-order valence-electron chi connectivity index (χ4n) is 0.597. The second-order valence-corrected chi connectivity index (χ2v) is 2.23. The van der Waals surface area contributed by atoms with E-state index in [1.165, 1.54) is 6.92 Å². The van der Waals surface area contributed by atoms with Gasteiger partial charge in [0.2, 0.25) is 0 Å². The quantitative estimate of drug-likeness (QED) is 0.553. The molecule has 0 N–H and O–H groups in total. The van der Waals surface area contributed by atoms with E-state index in [1.54, 1.807) is 6.92 Å². The second kappa shape index (κ2) is 3.08. The molecule has 0 saturated carbocycles. The summed E-state index contributed by atoms with van der Waals surface area (Å²) in [6.45, 7) is 2.96. The minimum absolute atomic E-state index is 0.240. The smallest absolute Gasteiger partial charge is 0.171 e. The van der Waals surface area contributed by atoms with E-state index < -0.39 is 12.1 Å². The fourth-order valence-corrected chi connectivity index (χ4v) is 0.597. The molecule has 0 aromatic heterocycles. The predicted octanol–water partition coefficient (Wildman–Crippen LogP) is 2.98. The monoisotopic (exact) mass is 140 g/mol. The molecule has 0 bridgehead atoms. The Balaban J connectivity index is 3.59. The molecular formula is C6H11F3. The Bertz CT molecular complexity index is 74.9. The van der Waals surface area contributed by atoms with Crippen LogP contribution in [0.5, 0.6) is 0 Å². The van der Waals surface area contributed by atoms with Gasteiger partial charge in [-0.1, -0.05) is 20.3 Å². The molecule has 0 aromatic rings. The molecule has 0 heterocycles. The van der Waals surface area contributed by atoms with Crippen molar-refractivity contribution in [3.8, 4) is 0 Å². The molecule has 0 spiro atoms. The zero-order chi connectivity index (χ0) is 7.49. The number of hydrogen-bond donors (Lipinski definition) is 0. The molecular weight excluding hydrogens is 129 g/mol. The van der Waals surface area contributed by atoms with Crippen LogP contribution in [0.3, 0.4) is 0 Å². The van der Waals surface area contributed by atoms with Crippen molar-refractivity contribution in [1.82, 2.24) is 0 Å². The summed E-state index contributed by atoms with van der Waals surface area (Å²) < 4.78 is 34.9. The summed E-state index contributed by atoms with van der Waals surface area (Å²) in [4.78, 5) is 0. The fraction of sp³-hybridized carbons (Fsp3) is 1.00. The largest absolute Gasteiger partial charge is 0.391 e. The van der Waals surface area contributed by atoms with Gasteiger partial charge in [-0.05, 0) is 6.42 Å². The van der Waals surface area contributed by atoms with Crippen LogP contribution in [-0.4, -0.2) is 6.18 Å². The molecule has 0 rings (SSSR count). The lowest BCUT2D eigenvalue weighted by Crippen LogP contribution is -2.19. The molecule has 0 amide bonds. The van der Waals surface area contributed by atoms with Crippen LogP contribution in [0.2, 0.25) is 0 Å². The van der Waals surface area contributed by atoms with E-state index in [2.05, 4.69) is 0 Å². The van der Waals surface area contributed by atoms with Crippen molar-refractivity contribution >= 4 is 0 Å². The normalized spacial score (nSPS) is 15.7. The van der Waals surface area contributed by atoms with Crippen molar-refractivity contribution in [2.24, 2.45) is 5.92 Å². The van der Waals surface area contributed by atoms with Crippen LogP contribution >= 0.6 is 0 Å². The van der Waals surface area contributed by atoms with Crippen molar-refractivity contribution in [1.29, 1.82) is 0 Å². The average molecular weight is 140 g/mol. The lowest BCUT2D eigenvalue weighted by atomic mass is 10.1. The zero-order valence-electron chi connectivity index (χ0n) is 5.63. The highest BCUT2D eigenvalue weighted by Gasteiger charge is 2.34.